The molecule has 0 saturated heterocycles. The van der Waals surface area contributed by atoms with E-state index in [1.165, 1.54) is 0 Å². The molecule has 0 atom stereocenters. The Morgan fingerprint density at radius 1 is 1.64 bits per heavy atom. The molecular formula is C8H9NOS. The van der Waals surface area contributed by atoms with Crippen molar-refractivity contribution in [2.24, 2.45) is 0 Å². The summed E-state index contributed by atoms with van der Waals surface area (Å²) in [6, 6.07) is 3.31. The zero-order chi connectivity index (χ0) is 8.27. The van der Waals surface area contributed by atoms with E-state index in [4.69, 9.17) is 17.3 Å². The SMILES string of the molecule is C/C=C/n1cccc(O)c1=S. The van der Waals surface area contributed by atoms with E-state index in [0.29, 0.717) is 4.64 Å². The first-order chi connectivity index (χ1) is 5.25. The summed E-state index contributed by atoms with van der Waals surface area (Å²) in [6.07, 6.45) is 5.44. The molecule has 0 fully saturated rings. The first kappa shape index (κ1) is 8.01. The van der Waals surface area contributed by atoms with E-state index >= 15 is 0 Å². The van der Waals surface area contributed by atoms with Crippen LogP contribution in [0.15, 0.2) is 24.4 Å². The fourth-order valence-electron chi connectivity index (χ4n) is 0.776. The molecule has 0 aliphatic heterocycles. The molecule has 0 saturated carbocycles. The third kappa shape index (κ3) is 1.68. The van der Waals surface area contributed by atoms with Crippen molar-refractivity contribution >= 4 is 18.4 Å². The van der Waals surface area contributed by atoms with Crippen LogP contribution in [0.5, 0.6) is 5.75 Å². The monoisotopic (exact) mass is 167 g/mol. The van der Waals surface area contributed by atoms with Gasteiger partial charge in [-0.3, -0.25) is 0 Å². The maximum Gasteiger partial charge on any atom is 0.152 e. The molecule has 11 heavy (non-hydrogen) atoms. The Hall–Kier alpha value is -1.09. The lowest BCUT2D eigenvalue weighted by atomic mass is 10.4. The van der Waals surface area contributed by atoms with E-state index in [0.717, 1.165) is 0 Å². The summed E-state index contributed by atoms with van der Waals surface area (Å²) in [5.74, 6) is 0.139. The van der Waals surface area contributed by atoms with Crippen LogP contribution >= 0.6 is 12.2 Å². The molecular weight excluding hydrogens is 158 g/mol. The summed E-state index contributed by atoms with van der Waals surface area (Å²) < 4.78 is 2.12. The number of hydrogen-bond acceptors (Lipinski definition) is 2. The van der Waals surface area contributed by atoms with Crippen molar-refractivity contribution in [2.45, 2.75) is 6.92 Å². The highest BCUT2D eigenvalue weighted by Gasteiger charge is 1.91. The van der Waals surface area contributed by atoms with E-state index in [1.807, 2.05) is 13.0 Å². The first-order valence-electron chi connectivity index (χ1n) is 3.28. The van der Waals surface area contributed by atoms with Crippen molar-refractivity contribution in [3.63, 3.8) is 0 Å². The molecule has 0 radical (unpaired) electrons. The molecule has 0 unspecified atom stereocenters. The highest BCUT2D eigenvalue weighted by Crippen LogP contribution is 2.09. The largest absolute Gasteiger partial charge is 0.505 e. The summed E-state index contributed by atoms with van der Waals surface area (Å²) in [6.45, 7) is 1.89. The van der Waals surface area contributed by atoms with Crippen LogP contribution in [0.3, 0.4) is 0 Å². The predicted octanol–water partition coefficient (Wildman–Crippen LogP) is 2.41. The lowest BCUT2D eigenvalue weighted by Crippen LogP contribution is -1.87. The second kappa shape index (κ2) is 3.34. The highest BCUT2D eigenvalue weighted by atomic mass is 32.1. The van der Waals surface area contributed by atoms with E-state index in [1.54, 1.807) is 29.1 Å². The smallest absolute Gasteiger partial charge is 0.152 e. The number of aromatic nitrogens is 1. The molecule has 0 amide bonds. The molecule has 1 N–H and O–H groups in total. The summed E-state index contributed by atoms with van der Waals surface area (Å²) >= 11 is 4.92. The van der Waals surface area contributed by atoms with Gasteiger partial charge in [-0.2, -0.15) is 0 Å². The molecule has 0 bridgehead atoms. The van der Waals surface area contributed by atoms with Crippen molar-refractivity contribution in [3.05, 3.63) is 29.0 Å². The Kier molecular flexibility index (Phi) is 2.44. The molecule has 0 spiro atoms. The summed E-state index contributed by atoms with van der Waals surface area (Å²) in [5, 5.41) is 9.17. The van der Waals surface area contributed by atoms with Gasteiger partial charge in [-0.05, 0) is 19.1 Å². The number of aromatic hydroxyl groups is 1. The van der Waals surface area contributed by atoms with Crippen LogP contribution in [0, 0.1) is 4.64 Å². The Labute approximate surface area is 70.4 Å². The van der Waals surface area contributed by atoms with Gasteiger partial charge in [-0.25, -0.2) is 0 Å². The number of pyridine rings is 1. The highest BCUT2D eigenvalue weighted by molar-refractivity contribution is 7.71. The van der Waals surface area contributed by atoms with E-state index < -0.39 is 0 Å². The summed E-state index contributed by atoms with van der Waals surface area (Å²) in [7, 11) is 0. The number of hydrogen-bond donors (Lipinski definition) is 1. The lowest BCUT2D eigenvalue weighted by Gasteiger charge is -1.99. The van der Waals surface area contributed by atoms with Gasteiger partial charge >= 0.3 is 0 Å². The van der Waals surface area contributed by atoms with Gasteiger partial charge in [0.2, 0.25) is 0 Å². The second-order valence-electron chi connectivity index (χ2n) is 2.09. The van der Waals surface area contributed by atoms with Gasteiger partial charge in [0.15, 0.2) is 10.4 Å². The number of rotatable bonds is 1. The van der Waals surface area contributed by atoms with Gasteiger partial charge in [0, 0.05) is 12.4 Å². The van der Waals surface area contributed by atoms with E-state index in [-0.39, 0.29) is 5.75 Å². The molecule has 0 aliphatic rings. The molecule has 1 aromatic heterocycles. The Morgan fingerprint density at radius 2 is 2.36 bits per heavy atom. The van der Waals surface area contributed by atoms with Gasteiger partial charge in [0.05, 0.1) is 0 Å². The topological polar surface area (TPSA) is 25.2 Å². The molecule has 2 nitrogen and oxygen atoms in total. The molecule has 1 aromatic rings. The fourth-order valence-corrected chi connectivity index (χ4v) is 0.966. The zero-order valence-electron chi connectivity index (χ0n) is 6.19. The standard InChI is InChI=1S/C8H9NOS/c1-2-5-9-6-3-4-7(10)8(9)11/h2-6,10H,1H3/b5-2+. The average Bonchev–Trinajstić information content (AvgIpc) is 1.99. The first-order valence-corrected chi connectivity index (χ1v) is 3.69. The van der Waals surface area contributed by atoms with Gasteiger partial charge < -0.3 is 9.67 Å². The lowest BCUT2D eigenvalue weighted by molar-refractivity contribution is 0.468. The Morgan fingerprint density at radius 3 is 3.00 bits per heavy atom. The minimum Gasteiger partial charge on any atom is -0.505 e. The second-order valence-corrected chi connectivity index (χ2v) is 2.47. The molecule has 0 aliphatic carbocycles. The molecule has 0 aromatic carbocycles. The van der Waals surface area contributed by atoms with Crippen LogP contribution in [0.25, 0.3) is 6.20 Å². The maximum atomic E-state index is 9.17. The fraction of sp³-hybridized carbons (Fsp3) is 0.125. The molecule has 58 valence electrons. The van der Waals surface area contributed by atoms with E-state index in [9.17, 15) is 0 Å². The van der Waals surface area contributed by atoms with E-state index in [2.05, 4.69) is 0 Å². The maximum absolute atomic E-state index is 9.17. The third-order valence-electron chi connectivity index (χ3n) is 1.26. The van der Waals surface area contributed by atoms with Crippen LogP contribution in [0.1, 0.15) is 6.92 Å². The normalized spacial score (nSPS) is 10.6. The predicted molar refractivity (Wildman–Crippen MR) is 47.9 cm³/mol. The number of allylic oxidation sites excluding steroid dienone is 1. The zero-order valence-corrected chi connectivity index (χ0v) is 7.01. The quantitative estimate of drug-likeness (QED) is 0.650. The average molecular weight is 167 g/mol. The van der Waals surface area contributed by atoms with Crippen LogP contribution in [0.2, 0.25) is 0 Å². The molecule has 3 heteroatoms. The summed E-state index contributed by atoms with van der Waals surface area (Å²) in [4.78, 5) is 0. The van der Waals surface area contributed by atoms with Crippen LogP contribution in [-0.2, 0) is 0 Å². The number of nitrogens with zero attached hydrogens (tertiary/aromatic N) is 1. The van der Waals surface area contributed by atoms with Crippen molar-refractivity contribution in [1.82, 2.24) is 4.57 Å². The van der Waals surface area contributed by atoms with Crippen molar-refractivity contribution in [3.8, 4) is 5.75 Å². The van der Waals surface area contributed by atoms with Crippen LogP contribution in [0.4, 0.5) is 0 Å². The molecule has 1 rings (SSSR count). The van der Waals surface area contributed by atoms with Gasteiger partial charge in [0.25, 0.3) is 0 Å². The van der Waals surface area contributed by atoms with Crippen molar-refractivity contribution in [1.29, 1.82) is 0 Å². The van der Waals surface area contributed by atoms with Crippen molar-refractivity contribution in [2.75, 3.05) is 0 Å². The minimum absolute atomic E-state index is 0.139. The van der Waals surface area contributed by atoms with Gasteiger partial charge in [-0.1, -0.05) is 18.3 Å². The van der Waals surface area contributed by atoms with Gasteiger partial charge in [-0.15, -0.1) is 0 Å². The summed E-state index contributed by atoms with van der Waals surface area (Å²) in [5.41, 5.74) is 0. The Bertz CT molecular complexity index is 327. The van der Waals surface area contributed by atoms with Gasteiger partial charge in [0.1, 0.15) is 0 Å². The van der Waals surface area contributed by atoms with Crippen LogP contribution < -0.4 is 0 Å². The van der Waals surface area contributed by atoms with Crippen molar-refractivity contribution < 1.29 is 5.11 Å². The Balaban J connectivity index is 3.28. The minimum atomic E-state index is 0.139. The molecule has 1 heterocycles. The van der Waals surface area contributed by atoms with Crippen LogP contribution in [-0.4, -0.2) is 9.67 Å². The third-order valence-corrected chi connectivity index (χ3v) is 1.68.